The molecule has 0 radical (unpaired) electrons. The van der Waals surface area contributed by atoms with E-state index in [0.29, 0.717) is 6.61 Å². The topological polar surface area (TPSA) is 46.5 Å². The maximum Gasteiger partial charge on any atom is 0.309 e. The molecule has 0 aromatic carbocycles. The van der Waals surface area contributed by atoms with Crippen LogP contribution in [0, 0.1) is 11.8 Å². The van der Waals surface area contributed by atoms with Crippen molar-refractivity contribution in [3.8, 4) is 0 Å². The summed E-state index contributed by atoms with van der Waals surface area (Å²) >= 11 is 0. The van der Waals surface area contributed by atoms with Gasteiger partial charge in [0.05, 0.1) is 18.6 Å². The Morgan fingerprint density at radius 3 is 2.82 bits per heavy atom. The van der Waals surface area contributed by atoms with Crippen LogP contribution in [0.3, 0.4) is 0 Å². The zero-order chi connectivity index (χ0) is 8.43. The van der Waals surface area contributed by atoms with Crippen LogP contribution in [0.5, 0.6) is 0 Å². The van der Waals surface area contributed by atoms with E-state index in [4.69, 9.17) is 9.84 Å². The lowest BCUT2D eigenvalue weighted by Crippen LogP contribution is -2.12. The molecule has 0 aromatic heterocycles. The molecule has 0 aliphatic heterocycles. The van der Waals surface area contributed by atoms with Gasteiger partial charge in [0.1, 0.15) is 0 Å². The average Bonchev–Trinajstić information content (AvgIpc) is 2.65. The first-order valence-electron chi connectivity index (χ1n) is 4.01. The van der Waals surface area contributed by atoms with Gasteiger partial charge in [-0.25, -0.2) is 0 Å². The standard InChI is InChI=1S/C8H14O3/c1-3-11-8(10)7-4-6(7)5(2)9/h5-7,9H,3-4H2,1-2H3/t5?,6?,7-/m1/s1. The first-order chi connectivity index (χ1) is 5.16. The van der Waals surface area contributed by atoms with Crippen molar-refractivity contribution in [1.82, 2.24) is 0 Å². The minimum absolute atomic E-state index is 0.0325. The Kier molecular flexibility index (Phi) is 2.49. The number of ether oxygens (including phenoxy) is 1. The summed E-state index contributed by atoms with van der Waals surface area (Å²) in [5.41, 5.74) is 0. The Hall–Kier alpha value is -0.570. The average molecular weight is 158 g/mol. The van der Waals surface area contributed by atoms with Crippen LogP contribution in [0.25, 0.3) is 0 Å². The zero-order valence-electron chi connectivity index (χ0n) is 6.91. The van der Waals surface area contributed by atoms with Gasteiger partial charge in [0.25, 0.3) is 0 Å². The first-order valence-corrected chi connectivity index (χ1v) is 4.01. The summed E-state index contributed by atoms with van der Waals surface area (Å²) in [7, 11) is 0. The van der Waals surface area contributed by atoms with Crippen LogP contribution in [-0.2, 0) is 9.53 Å². The molecule has 0 aromatic rings. The molecule has 1 saturated carbocycles. The van der Waals surface area contributed by atoms with Crippen molar-refractivity contribution in [2.45, 2.75) is 26.4 Å². The molecule has 1 aliphatic rings. The highest BCUT2D eigenvalue weighted by molar-refractivity contribution is 5.75. The number of esters is 1. The maximum atomic E-state index is 11.0. The van der Waals surface area contributed by atoms with Crippen LogP contribution in [0.1, 0.15) is 20.3 Å². The van der Waals surface area contributed by atoms with Gasteiger partial charge in [0, 0.05) is 0 Å². The highest BCUT2D eigenvalue weighted by Crippen LogP contribution is 2.41. The molecule has 11 heavy (non-hydrogen) atoms. The molecular weight excluding hydrogens is 144 g/mol. The third kappa shape index (κ3) is 1.93. The van der Waals surface area contributed by atoms with Gasteiger partial charge in [0.15, 0.2) is 0 Å². The van der Waals surface area contributed by atoms with Crippen molar-refractivity contribution in [2.75, 3.05) is 6.61 Å². The minimum Gasteiger partial charge on any atom is -0.466 e. The zero-order valence-corrected chi connectivity index (χ0v) is 6.91. The third-order valence-electron chi connectivity index (χ3n) is 2.05. The summed E-state index contributed by atoms with van der Waals surface area (Å²) < 4.78 is 4.80. The summed E-state index contributed by atoms with van der Waals surface area (Å²) in [6, 6.07) is 0. The Bertz CT molecular complexity index is 153. The summed E-state index contributed by atoms with van der Waals surface area (Å²) in [6.45, 7) is 3.93. The van der Waals surface area contributed by atoms with Gasteiger partial charge in [-0.3, -0.25) is 4.79 Å². The summed E-state index contributed by atoms with van der Waals surface area (Å²) in [5, 5.41) is 9.07. The SMILES string of the molecule is CCOC(=O)[C@@H]1CC1C(C)O. The van der Waals surface area contributed by atoms with Gasteiger partial charge in [-0.05, 0) is 26.2 Å². The van der Waals surface area contributed by atoms with E-state index < -0.39 is 0 Å². The van der Waals surface area contributed by atoms with E-state index in [2.05, 4.69) is 0 Å². The lowest BCUT2D eigenvalue weighted by molar-refractivity contribution is -0.145. The molecule has 3 nitrogen and oxygen atoms in total. The van der Waals surface area contributed by atoms with Crippen molar-refractivity contribution in [2.24, 2.45) is 11.8 Å². The largest absolute Gasteiger partial charge is 0.466 e. The molecule has 1 fully saturated rings. The fraction of sp³-hybridized carbons (Fsp3) is 0.875. The minimum atomic E-state index is -0.371. The van der Waals surface area contributed by atoms with E-state index in [9.17, 15) is 4.79 Å². The molecule has 3 heteroatoms. The number of hydrogen-bond acceptors (Lipinski definition) is 3. The molecule has 0 saturated heterocycles. The quantitative estimate of drug-likeness (QED) is 0.611. The predicted molar refractivity (Wildman–Crippen MR) is 39.9 cm³/mol. The molecule has 2 unspecified atom stereocenters. The van der Waals surface area contributed by atoms with Crippen LogP contribution in [0.15, 0.2) is 0 Å². The lowest BCUT2D eigenvalue weighted by Gasteiger charge is -2.02. The summed E-state index contributed by atoms with van der Waals surface area (Å²) in [5.74, 6) is -0.0394. The number of aliphatic hydroxyl groups is 1. The normalized spacial score (nSPS) is 31.2. The van der Waals surface area contributed by atoms with E-state index >= 15 is 0 Å². The van der Waals surface area contributed by atoms with E-state index in [1.165, 1.54) is 0 Å². The monoisotopic (exact) mass is 158 g/mol. The van der Waals surface area contributed by atoms with Gasteiger partial charge in [-0.15, -0.1) is 0 Å². The number of hydrogen-bond donors (Lipinski definition) is 1. The Morgan fingerprint density at radius 1 is 1.82 bits per heavy atom. The molecule has 1 aliphatic carbocycles. The number of carbonyl (C=O) groups is 1. The third-order valence-corrected chi connectivity index (χ3v) is 2.05. The van der Waals surface area contributed by atoms with E-state index in [0.717, 1.165) is 6.42 Å². The predicted octanol–water partition coefficient (Wildman–Crippen LogP) is 0.566. The van der Waals surface area contributed by atoms with Crippen molar-refractivity contribution >= 4 is 5.97 Å². The van der Waals surface area contributed by atoms with E-state index in [-0.39, 0.29) is 23.9 Å². The van der Waals surface area contributed by atoms with Gasteiger partial charge in [0.2, 0.25) is 0 Å². The molecular formula is C8H14O3. The highest BCUT2D eigenvalue weighted by Gasteiger charge is 2.46. The highest BCUT2D eigenvalue weighted by atomic mass is 16.5. The summed E-state index contributed by atoms with van der Waals surface area (Å²) in [4.78, 5) is 11.0. The van der Waals surface area contributed by atoms with Gasteiger partial charge in [-0.2, -0.15) is 0 Å². The second kappa shape index (κ2) is 3.22. The van der Waals surface area contributed by atoms with Gasteiger partial charge >= 0.3 is 5.97 Å². The van der Waals surface area contributed by atoms with Crippen LogP contribution < -0.4 is 0 Å². The number of rotatable bonds is 3. The van der Waals surface area contributed by atoms with Crippen molar-refractivity contribution < 1.29 is 14.6 Å². The molecule has 0 amide bonds. The van der Waals surface area contributed by atoms with E-state index in [1.807, 2.05) is 0 Å². The Labute approximate surface area is 66.4 Å². The Morgan fingerprint density at radius 2 is 2.45 bits per heavy atom. The second-order valence-electron chi connectivity index (χ2n) is 3.00. The number of carbonyl (C=O) groups excluding carboxylic acids is 1. The molecule has 0 bridgehead atoms. The molecule has 0 heterocycles. The fourth-order valence-electron chi connectivity index (χ4n) is 1.27. The first kappa shape index (κ1) is 8.53. The molecule has 64 valence electrons. The smallest absolute Gasteiger partial charge is 0.309 e. The fourth-order valence-corrected chi connectivity index (χ4v) is 1.27. The van der Waals surface area contributed by atoms with Gasteiger partial charge < -0.3 is 9.84 Å². The number of aliphatic hydroxyl groups excluding tert-OH is 1. The molecule has 3 atom stereocenters. The van der Waals surface area contributed by atoms with Gasteiger partial charge in [-0.1, -0.05) is 0 Å². The van der Waals surface area contributed by atoms with Crippen LogP contribution in [0.4, 0.5) is 0 Å². The second-order valence-corrected chi connectivity index (χ2v) is 3.00. The molecule has 1 rings (SSSR count). The maximum absolute atomic E-state index is 11.0. The van der Waals surface area contributed by atoms with Crippen LogP contribution in [-0.4, -0.2) is 23.8 Å². The molecule has 0 spiro atoms. The van der Waals surface area contributed by atoms with E-state index in [1.54, 1.807) is 13.8 Å². The van der Waals surface area contributed by atoms with Crippen molar-refractivity contribution in [1.29, 1.82) is 0 Å². The van der Waals surface area contributed by atoms with Crippen molar-refractivity contribution in [3.05, 3.63) is 0 Å². The molecule has 1 N–H and O–H groups in total. The van der Waals surface area contributed by atoms with Crippen LogP contribution >= 0.6 is 0 Å². The van der Waals surface area contributed by atoms with Crippen molar-refractivity contribution in [3.63, 3.8) is 0 Å². The van der Waals surface area contributed by atoms with Crippen LogP contribution in [0.2, 0.25) is 0 Å². The lowest BCUT2D eigenvalue weighted by atomic mass is 10.2. The Balaban J connectivity index is 2.26. The summed E-state index contributed by atoms with van der Waals surface area (Å²) in [6.07, 6.45) is 0.417.